The number of hydrogen-bond acceptors (Lipinski definition) is 3. The molecule has 2 aromatic rings. The van der Waals surface area contributed by atoms with Crippen LogP contribution in [0.4, 0.5) is 5.69 Å². The molecule has 1 unspecified atom stereocenters. The molecule has 1 saturated heterocycles. The number of nitrogens with one attached hydrogen (secondary N) is 2. The number of H-pyrrole nitrogens is 1. The van der Waals surface area contributed by atoms with Gasteiger partial charge in [-0.25, -0.2) is 0 Å². The standard InChI is InChI=1S/C21H29N3O/c25-21-20-9-8-18(13-17(20)10-11-22-21)23-19-7-4-12-24(15-19)14-16-5-2-1-3-6-16/h8-11,13,16,19,23H,1-7,12,14-15H2,(H,22,25). The maximum atomic E-state index is 11.8. The Morgan fingerprint density at radius 1 is 1.08 bits per heavy atom. The summed E-state index contributed by atoms with van der Waals surface area (Å²) in [6.45, 7) is 3.68. The molecule has 2 heterocycles. The topological polar surface area (TPSA) is 48.1 Å². The molecular weight excluding hydrogens is 310 g/mol. The van der Waals surface area contributed by atoms with Crippen molar-refractivity contribution in [1.82, 2.24) is 9.88 Å². The molecule has 1 saturated carbocycles. The Morgan fingerprint density at radius 3 is 2.84 bits per heavy atom. The van der Waals surface area contributed by atoms with Crippen LogP contribution in [0, 0.1) is 5.92 Å². The predicted octanol–water partition coefficient (Wildman–Crippen LogP) is 3.98. The first kappa shape index (κ1) is 16.6. The minimum atomic E-state index is -0.0135. The molecule has 1 aromatic carbocycles. The molecule has 0 amide bonds. The summed E-state index contributed by atoms with van der Waals surface area (Å²) in [6, 6.07) is 8.55. The summed E-state index contributed by atoms with van der Waals surface area (Å²) < 4.78 is 0. The fourth-order valence-corrected chi connectivity index (χ4v) is 4.59. The molecule has 1 aliphatic carbocycles. The summed E-state index contributed by atoms with van der Waals surface area (Å²) in [5.41, 5.74) is 1.11. The van der Waals surface area contributed by atoms with Gasteiger partial charge < -0.3 is 15.2 Å². The maximum Gasteiger partial charge on any atom is 0.255 e. The second-order valence-corrected chi connectivity index (χ2v) is 7.86. The van der Waals surface area contributed by atoms with Crippen LogP contribution in [-0.4, -0.2) is 35.6 Å². The van der Waals surface area contributed by atoms with E-state index >= 15 is 0 Å². The van der Waals surface area contributed by atoms with E-state index in [1.165, 1.54) is 58.0 Å². The van der Waals surface area contributed by atoms with Gasteiger partial charge in [-0.3, -0.25) is 4.79 Å². The van der Waals surface area contributed by atoms with Crippen LogP contribution in [0.15, 0.2) is 35.3 Å². The van der Waals surface area contributed by atoms with Crippen molar-refractivity contribution in [1.29, 1.82) is 0 Å². The number of anilines is 1. The highest BCUT2D eigenvalue weighted by atomic mass is 16.1. The molecule has 2 N–H and O–H groups in total. The van der Waals surface area contributed by atoms with Gasteiger partial charge in [0.2, 0.25) is 0 Å². The number of fused-ring (bicyclic) bond motifs is 1. The average molecular weight is 339 g/mol. The van der Waals surface area contributed by atoms with Gasteiger partial charge in [-0.05, 0) is 67.8 Å². The van der Waals surface area contributed by atoms with E-state index in [0.717, 1.165) is 28.9 Å². The van der Waals surface area contributed by atoms with Gasteiger partial charge >= 0.3 is 0 Å². The van der Waals surface area contributed by atoms with Crippen LogP contribution in [0.5, 0.6) is 0 Å². The molecule has 0 radical (unpaired) electrons. The SMILES string of the molecule is O=c1[nH]ccc2cc(NC3CCCN(CC4CCCCC4)C3)ccc12. The molecule has 4 rings (SSSR count). The molecule has 4 nitrogen and oxygen atoms in total. The Morgan fingerprint density at radius 2 is 1.96 bits per heavy atom. The average Bonchev–Trinajstić information content (AvgIpc) is 2.63. The van der Waals surface area contributed by atoms with Gasteiger partial charge in [-0.15, -0.1) is 0 Å². The van der Waals surface area contributed by atoms with Crippen molar-refractivity contribution in [2.75, 3.05) is 25.0 Å². The van der Waals surface area contributed by atoms with Gasteiger partial charge in [0.25, 0.3) is 5.56 Å². The van der Waals surface area contributed by atoms with E-state index in [0.29, 0.717) is 6.04 Å². The number of aromatic nitrogens is 1. The summed E-state index contributed by atoms with van der Waals surface area (Å²) in [6.07, 6.45) is 11.4. The van der Waals surface area contributed by atoms with Gasteiger partial charge in [-0.2, -0.15) is 0 Å². The number of nitrogens with zero attached hydrogens (tertiary/aromatic N) is 1. The molecule has 25 heavy (non-hydrogen) atoms. The summed E-state index contributed by atoms with van der Waals surface area (Å²) in [4.78, 5) is 17.2. The van der Waals surface area contributed by atoms with Crippen LogP contribution in [-0.2, 0) is 0 Å². The molecule has 1 aromatic heterocycles. The van der Waals surface area contributed by atoms with Crippen LogP contribution in [0.25, 0.3) is 10.8 Å². The van der Waals surface area contributed by atoms with Crippen LogP contribution < -0.4 is 10.9 Å². The van der Waals surface area contributed by atoms with Crippen LogP contribution in [0.2, 0.25) is 0 Å². The minimum Gasteiger partial charge on any atom is -0.381 e. The number of hydrogen-bond donors (Lipinski definition) is 2. The van der Waals surface area contributed by atoms with Crippen LogP contribution in [0.1, 0.15) is 44.9 Å². The van der Waals surface area contributed by atoms with Crippen molar-refractivity contribution >= 4 is 16.5 Å². The Hall–Kier alpha value is -1.81. The van der Waals surface area contributed by atoms with Crippen molar-refractivity contribution in [3.8, 4) is 0 Å². The maximum absolute atomic E-state index is 11.8. The van der Waals surface area contributed by atoms with E-state index in [4.69, 9.17) is 0 Å². The number of piperidine rings is 1. The third kappa shape index (κ3) is 4.06. The molecule has 1 aliphatic heterocycles. The molecule has 2 fully saturated rings. The van der Waals surface area contributed by atoms with Gasteiger partial charge in [-0.1, -0.05) is 19.3 Å². The Balaban J connectivity index is 1.39. The molecule has 0 spiro atoms. The lowest BCUT2D eigenvalue weighted by molar-refractivity contribution is 0.166. The number of likely N-dealkylation sites (tertiary alicyclic amines) is 1. The van der Waals surface area contributed by atoms with Crippen molar-refractivity contribution in [2.45, 2.75) is 51.0 Å². The Bertz CT molecular complexity index is 763. The summed E-state index contributed by atoms with van der Waals surface area (Å²) in [7, 11) is 0. The molecule has 2 aliphatic rings. The first-order valence-electron chi connectivity index (χ1n) is 9.88. The molecule has 1 atom stereocenters. The smallest absolute Gasteiger partial charge is 0.255 e. The molecule has 134 valence electrons. The first-order chi connectivity index (χ1) is 12.3. The number of benzene rings is 1. The van der Waals surface area contributed by atoms with E-state index in [1.807, 2.05) is 18.2 Å². The monoisotopic (exact) mass is 339 g/mol. The van der Waals surface area contributed by atoms with Gasteiger partial charge in [0.1, 0.15) is 0 Å². The van der Waals surface area contributed by atoms with E-state index in [1.54, 1.807) is 6.20 Å². The van der Waals surface area contributed by atoms with Crippen molar-refractivity contribution in [3.63, 3.8) is 0 Å². The van der Waals surface area contributed by atoms with Gasteiger partial charge in [0.05, 0.1) is 0 Å². The normalized spacial score (nSPS) is 23.0. The largest absolute Gasteiger partial charge is 0.381 e. The lowest BCUT2D eigenvalue weighted by Gasteiger charge is -2.36. The van der Waals surface area contributed by atoms with E-state index in [9.17, 15) is 4.79 Å². The van der Waals surface area contributed by atoms with Crippen LogP contribution >= 0.6 is 0 Å². The number of rotatable bonds is 4. The van der Waals surface area contributed by atoms with Crippen molar-refractivity contribution in [3.05, 3.63) is 40.8 Å². The highest BCUT2D eigenvalue weighted by molar-refractivity contribution is 5.84. The lowest BCUT2D eigenvalue weighted by Crippen LogP contribution is -2.44. The molecular formula is C21H29N3O. The second-order valence-electron chi connectivity index (χ2n) is 7.86. The van der Waals surface area contributed by atoms with Crippen LogP contribution in [0.3, 0.4) is 0 Å². The second kappa shape index (κ2) is 7.61. The summed E-state index contributed by atoms with van der Waals surface area (Å²) in [5.74, 6) is 0.917. The summed E-state index contributed by atoms with van der Waals surface area (Å²) >= 11 is 0. The highest BCUT2D eigenvalue weighted by Gasteiger charge is 2.23. The zero-order valence-electron chi connectivity index (χ0n) is 15.0. The van der Waals surface area contributed by atoms with E-state index < -0.39 is 0 Å². The van der Waals surface area contributed by atoms with E-state index in [2.05, 4.69) is 21.3 Å². The first-order valence-corrected chi connectivity index (χ1v) is 9.88. The van der Waals surface area contributed by atoms with Crippen molar-refractivity contribution < 1.29 is 0 Å². The Labute approximate surface area is 149 Å². The quantitative estimate of drug-likeness (QED) is 0.885. The van der Waals surface area contributed by atoms with E-state index in [-0.39, 0.29) is 5.56 Å². The zero-order valence-corrected chi connectivity index (χ0v) is 15.0. The third-order valence-electron chi connectivity index (χ3n) is 5.89. The molecule has 0 bridgehead atoms. The van der Waals surface area contributed by atoms with Gasteiger partial charge in [0.15, 0.2) is 0 Å². The van der Waals surface area contributed by atoms with Crippen molar-refractivity contribution in [2.24, 2.45) is 5.92 Å². The number of pyridine rings is 1. The Kier molecular flexibility index (Phi) is 5.07. The van der Waals surface area contributed by atoms with Gasteiger partial charge in [0, 0.05) is 36.4 Å². The lowest BCUT2D eigenvalue weighted by atomic mass is 9.88. The third-order valence-corrected chi connectivity index (χ3v) is 5.89. The fourth-order valence-electron chi connectivity index (χ4n) is 4.59. The predicted molar refractivity (Wildman–Crippen MR) is 104 cm³/mol. The zero-order chi connectivity index (χ0) is 17.1. The number of aromatic amines is 1. The highest BCUT2D eigenvalue weighted by Crippen LogP contribution is 2.26. The summed E-state index contributed by atoms with van der Waals surface area (Å²) in [5, 5.41) is 5.47. The minimum absolute atomic E-state index is 0.0135. The fraction of sp³-hybridized carbons (Fsp3) is 0.571. The molecule has 4 heteroatoms.